The maximum Gasteiger partial charge on any atom is 0.515 e. The lowest BCUT2D eigenvalue weighted by atomic mass is 10.1. The first-order valence-corrected chi connectivity index (χ1v) is 15.0. The van der Waals surface area contributed by atoms with Crippen LogP contribution in [-0.4, -0.2) is 44.0 Å². The summed E-state index contributed by atoms with van der Waals surface area (Å²) in [6, 6.07) is 17.7. The third-order valence-electron chi connectivity index (χ3n) is 6.10. The Morgan fingerprint density at radius 2 is 1.51 bits per heavy atom. The zero-order chi connectivity index (χ0) is 29.7. The number of aromatic nitrogens is 1. The molecular formula is C30H35N3O7S. The van der Waals surface area contributed by atoms with E-state index in [0.29, 0.717) is 12.1 Å². The van der Waals surface area contributed by atoms with E-state index in [2.05, 4.69) is 10.3 Å². The number of carbonyl (C=O) groups excluding carboxylic acids is 3. The van der Waals surface area contributed by atoms with Crippen molar-refractivity contribution in [1.82, 2.24) is 15.0 Å². The predicted molar refractivity (Wildman–Crippen MR) is 153 cm³/mol. The van der Waals surface area contributed by atoms with Crippen LogP contribution in [0.3, 0.4) is 0 Å². The van der Waals surface area contributed by atoms with Crippen molar-refractivity contribution in [3.05, 3.63) is 89.6 Å². The van der Waals surface area contributed by atoms with Gasteiger partial charge in [0.05, 0.1) is 10.5 Å². The number of ether oxygens (including phenoxy) is 2. The van der Waals surface area contributed by atoms with Crippen LogP contribution >= 0.6 is 0 Å². The minimum atomic E-state index is -4.22. The second-order valence-corrected chi connectivity index (χ2v) is 11.0. The first-order valence-electron chi connectivity index (χ1n) is 13.6. The van der Waals surface area contributed by atoms with E-state index in [1.807, 2.05) is 48.9 Å². The number of nitrogens with one attached hydrogen (secondary N) is 2. The standard InChI is InChI=1S/C30H35N3O7S/c1-3-9-25(10-4-2)39-30(36)40-27-19-16-24(21-32-27)29(35)33-41(37,38)26-17-14-23(15-18-26)28(34)31-20-8-13-22-11-6-5-7-12-22/h5-7,11-12,14-19,21,25H,3-4,8-10,13,20H2,1-2H3,(H,31,34)(H,33,35). The van der Waals surface area contributed by atoms with Crippen molar-refractivity contribution < 1.29 is 32.3 Å². The number of rotatable bonds is 14. The van der Waals surface area contributed by atoms with Crippen molar-refractivity contribution in [1.29, 1.82) is 0 Å². The van der Waals surface area contributed by atoms with E-state index < -0.39 is 22.1 Å². The van der Waals surface area contributed by atoms with E-state index in [9.17, 15) is 22.8 Å². The fourth-order valence-electron chi connectivity index (χ4n) is 3.99. The average Bonchev–Trinajstić information content (AvgIpc) is 2.96. The normalized spacial score (nSPS) is 11.1. The second-order valence-electron chi connectivity index (χ2n) is 9.36. The number of nitrogens with zero attached hydrogens (tertiary/aromatic N) is 1. The Balaban J connectivity index is 1.50. The molecule has 0 unspecified atom stereocenters. The molecule has 0 radical (unpaired) electrons. The van der Waals surface area contributed by atoms with E-state index in [1.54, 1.807) is 0 Å². The fourth-order valence-corrected chi connectivity index (χ4v) is 4.97. The molecule has 0 aliphatic heterocycles. The van der Waals surface area contributed by atoms with Gasteiger partial charge in [-0.25, -0.2) is 22.9 Å². The minimum Gasteiger partial charge on any atom is -0.431 e. The lowest BCUT2D eigenvalue weighted by molar-refractivity contribution is 0.0490. The molecule has 3 rings (SSSR count). The highest BCUT2D eigenvalue weighted by atomic mass is 32.2. The quantitative estimate of drug-likeness (QED) is 0.199. The molecule has 218 valence electrons. The highest BCUT2D eigenvalue weighted by Gasteiger charge is 2.20. The second kappa shape index (κ2) is 15.5. The van der Waals surface area contributed by atoms with Gasteiger partial charge in [0, 0.05) is 24.4 Å². The molecule has 0 aliphatic rings. The molecule has 1 heterocycles. The van der Waals surface area contributed by atoms with Gasteiger partial charge in [-0.2, -0.15) is 0 Å². The van der Waals surface area contributed by atoms with Crippen molar-refractivity contribution in [3.63, 3.8) is 0 Å². The SMILES string of the molecule is CCCC(CCC)OC(=O)Oc1ccc(C(=O)NS(=O)(=O)c2ccc(C(=O)NCCCc3ccccc3)cc2)cn1. The van der Waals surface area contributed by atoms with Crippen LogP contribution in [0.15, 0.2) is 77.8 Å². The molecular weight excluding hydrogens is 546 g/mol. The minimum absolute atomic E-state index is 0.0596. The number of sulfonamides is 1. The van der Waals surface area contributed by atoms with Crippen LogP contribution < -0.4 is 14.8 Å². The third-order valence-corrected chi connectivity index (χ3v) is 7.44. The Kier molecular flexibility index (Phi) is 11.8. The van der Waals surface area contributed by atoms with Gasteiger partial charge >= 0.3 is 6.16 Å². The van der Waals surface area contributed by atoms with Crippen LogP contribution in [0, 0.1) is 0 Å². The molecule has 0 aliphatic carbocycles. The highest BCUT2D eigenvalue weighted by Crippen LogP contribution is 2.15. The summed E-state index contributed by atoms with van der Waals surface area (Å²) in [5.74, 6) is -1.33. The van der Waals surface area contributed by atoms with Crippen molar-refractivity contribution in [2.24, 2.45) is 0 Å². The summed E-state index contributed by atoms with van der Waals surface area (Å²) in [4.78, 5) is 40.7. The summed E-state index contributed by atoms with van der Waals surface area (Å²) in [6.07, 6.45) is 4.69. The number of carbonyl (C=O) groups is 3. The summed E-state index contributed by atoms with van der Waals surface area (Å²) < 4.78 is 37.8. The maximum atomic E-state index is 12.7. The van der Waals surface area contributed by atoms with Crippen LogP contribution in [0.1, 0.15) is 72.2 Å². The lowest BCUT2D eigenvalue weighted by Crippen LogP contribution is -2.31. The summed E-state index contributed by atoms with van der Waals surface area (Å²) in [5.41, 5.74) is 1.42. The maximum absolute atomic E-state index is 12.7. The molecule has 1 aromatic heterocycles. The van der Waals surface area contributed by atoms with Gasteiger partial charge in [0.25, 0.3) is 21.8 Å². The lowest BCUT2D eigenvalue weighted by Gasteiger charge is -2.15. The van der Waals surface area contributed by atoms with Crippen molar-refractivity contribution >= 4 is 28.0 Å². The van der Waals surface area contributed by atoms with Crippen molar-refractivity contribution in [2.45, 2.75) is 63.4 Å². The van der Waals surface area contributed by atoms with Gasteiger partial charge in [-0.3, -0.25) is 9.59 Å². The highest BCUT2D eigenvalue weighted by molar-refractivity contribution is 7.90. The Morgan fingerprint density at radius 1 is 0.854 bits per heavy atom. The van der Waals surface area contributed by atoms with Crippen molar-refractivity contribution in [3.8, 4) is 5.88 Å². The Hall–Kier alpha value is -4.25. The zero-order valence-corrected chi connectivity index (χ0v) is 24.0. The van der Waals surface area contributed by atoms with Crippen LogP contribution in [0.25, 0.3) is 0 Å². The van der Waals surface area contributed by atoms with Gasteiger partial charge in [0.2, 0.25) is 5.88 Å². The Bertz CT molecular complexity index is 1390. The number of hydrogen-bond donors (Lipinski definition) is 2. The van der Waals surface area contributed by atoms with Gasteiger partial charge in [0.1, 0.15) is 6.10 Å². The van der Waals surface area contributed by atoms with Crippen LogP contribution in [0.4, 0.5) is 4.79 Å². The molecule has 0 saturated carbocycles. The average molecular weight is 582 g/mol. The van der Waals surface area contributed by atoms with Crippen LogP contribution in [0.5, 0.6) is 5.88 Å². The van der Waals surface area contributed by atoms with Crippen LogP contribution in [0.2, 0.25) is 0 Å². The number of amides is 2. The zero-order valence-electron chi connectivity index (χ0n) is 23.2. The predicted octanol–water partition coefficient (Wildman–Crippen LogP) is 5.05. The van der Waals surface area contributed by atoms with Gasteiger partial charge in [-0.1, -0.05) is 57.0 Å². The largest absolute Gasteiger partial charge is 0.515 e. The monoisotopic (exact) mass is 581 g/mol. The van der Waals surface area contributed by atoms with Crippen molar-refractivity contribution in [2.75, 3.05) is 6.54 Å². The van der Waals surface area contributed by atoms with Crippen LogP contribution in [-0.2, 0) is 21.2 Å². The molecule has 0 fully saturated rings. The molecule has 11 heteroatoms. The molecule has 0 atom stereocenters. The molecule has 0 saturated heterocycles. The molecule has 0 spiro atoms. The first-order chi connectivity index (χ1) is 19.7. The smallest absolute Gasteiger partial charge is 0.431 e. The summed E-state index contributed by atoms with van der Waals surface area (Å²) in [5, 5.41) is 2.81. The number of benzene rings is 2. The Labute approximate surface area is 240 Å². The number of aryl methyl sites for hydroxylation is 1. The van der Waals surface area contributed by atoms with Gasteiger partial charge in [-0.15, -0.1) is 0 Å². The van der Waals surface area contributed by atoms with E-state index in [0.717, 1.165) is 44.7 Å². The molecule has 10 nitrogen and oxygen atoms in total. The van der Waals surface area contributed by atoms with Gasteiger partial charge < -0.3 is 14.8 Å². The molecule has 2 N–H and O–H groups in total. The summed E-state index contributed by atoms with van der Waals surface area (Å²) in [6.45, 7) is 4.46. The fraction of sp³-hybridized carbons (Fsp3) is 0.333. The van der Waals surface area contributed by atoms with E-state index >= 15 is 0 Å². The first kappa shape index (κ1) is 31.3. The summed E-state index contributed by atoms with van der Waals surface area (Å²) >= 11 is 0. The number of hydrogen-bond acceptors (Lipinski definition) is 8. The van der Waals surface area contributed by atoms with E-state index in [4.69, 9.17) is 9.47 Å². The molecule has 41 heavy (non-hydrogen) atoms. The van der Waals surface area contributed by atoms with Gasteiger partial charge in [-0.05, 0) is 61.6 Å². The molecule has 3 aromatic rings. The summed E-state index contributed by atoms with van der Waals surface area (Å²) in [7, 11) is -4.22. The molecule has 2 amide bonds. The molecule has 0 bridgehead atoms. The topological polar surface area (TPSA) is 141 Å². The van der Waals surface area contributed by atoms with E-state index in [1.165, 1.54) is 42.0 Å². The third kappa shape index (κ3) is 10.0. The molecule has 2 aromatic carbocycles. The Morgan fingerprint density at radius 3 is 2.12 bits per heavy atom. The van der Waals surface area contributed by atoms with E-state index in [-0.39, 0.29) is 28.4 Å². The van der Waals surface area contributed by atoms with Gasteiger partial charge in [0.15, 0.2) is 0 Å². The number of pyridine rings is 1.